The fourth-order valence-corrected chi connectivity index (χ4v) is 1.95. The first-order valence-corrected chi connectivity index (χ1v) is 5.54. The van der Waals surface area contributed by atoms with Crippen molar-refractivity contribution in [3.05, 3.63) is 23.9 Å². The standard InChI is InChI=1S/C11H16N4O2/c12-10-8(2-1-3-14-10)6-15-5-4-13-9(7-15)11(16)17/h1-3,9,13H,4-7H2,(H2,12,14)(H,16,17). The average Bonchev–Trinajstić information content (AvgIpc) is 2.32. The Morgan fingerprint density at radius 2 is 2.53 bits per heavy atom. The normalized spacial score (nSPS) is 21.3. The molecule has 1 aliphatic heterocycles. The van der Waals surface area contributed by atoms with Crippen molar-refractivity contribution in [2.75, 3.05) is 25.4 Å². The van der Waals surface area contributed by atoms with Crippen molar-refractivity contribution in [3.63, 3.8) is 0 Å². The summed E-state index contributed by atoms with van der Waals surface area (Å²) in [4.78, 5) is 17.0. The van der Waals surface area contributed by atoms with E-state index in [9.17, 15) is 4.79 Å². The van der Waals surface area contributed by atoms with Gasteiger partial charge in [-0.2, -0.15) is 0 Å². The number of hydrogen-bond donors (Lipinski definition) is 3. The van der Waals surface area contributed by atoms with E-state index in [0.29, 0.717) is 25.5 Å². The van der Waals surface area contributed by atoms with E-state index in [0.717, 1.165) is 12.1 Å². The van der Waals surface area contributed by atoms with Gasteiger partial charge in [0.1, 0.15) is 11.9 Å². The van der Waals surface area contributed by atoms with Crippen LogP contribution in [0.1, 0.15) is 5.56 Å². The number of carboxylic acids is 1. The highest BCUT2D eigenvalue weighted by atomic mass is 16.4. The van der Waals surface area contributed by atoms with Crippen molar-refractivity contribution in [2.45, 2.75) is 12.6 Å². The number of hydrogen-bond acceptors (Lipinski definition) is 5. The number of nitrogens with one attached hydrogen (secondary N) is 1. The van der Waals surface area contributed by atoms with Crippen LogP contribution in [0.15, 0.2) is 18.3 Å². The fraction of sp³-hybridized carbons (Fsp3) is 0.455. The molecular weight excluding hydrogens is 220 g/mol. The minimum atomic E-state index is -0.811. The molecule has 2 heterocycles. The molecule has 0 radical (unpaired) electrons. The van der Waals surface area contributed by atoms with Gasteiger partial charge in [-0.25, -0.2) is 4.98 Å². The van der Waals surface area contributed by atoms with Gasteiger partial charge in [-0.15, -0.1) is 0 Å². The van der Waals surface area contributed by atoms with Crippen LogP contribution in [0.5, 0.6) is 0 Å². The van der Waals surface area contributed by atoms with Gasteiger partial charge in [0.05, 0.1) is 0 Å². The SMILES string of the molecule is Nc1ncccc1CN1CCNC(C(=O)O)C1. The van der Waals surface area contributed by atoms with E-state index >= 15 is 0 Å². The van der Waals surface area contributed by atoms with Crippen LogP contribution in [0.3, 0.4) is 0 Å². The van der Waals surface area contributed by atoms with Gasteiger partial charge in [-0.05, 0) is 6.07 Å². The Labute approximate surface area is 99.4 Å². The molecule has 0 amide bonds. The first-order chi connectivity index (χ1) is 8.16. The summed E-state index contributed by atoms with van der Waals surface area (Å²) in [5.74, 6) is -0.299. The number of aromatic nitrogens is 1. The minimum Gasteiger partial charge on any atom is -0.480 e. The monoisotopic (exact) mass is 236 g/mol. The molecule has 6 heteroatoms. The number of aliphatic carboxylic acids is 1. The molecule has 1 aromatic rings. The van der Waals surface area contributed by atoms with Crippen molar-refractivity contribution in [1.82, 2.24) is 15.2 Å². The summed E-state index contributed by atoms with van der Waals surface area (Å²) >= 11 is 0. The molecule has 1 atom stereocenters. The highest BCUT2D eigenvalue weighted by Crippen LogP contribution is 2.12. The number of rotatable bonds is 3. The van der Waals surface area contributed by atoms with Crippen LogP contribution >= 0.6 is 0 Å². The molecule has 0 aliphatic carbocycles. The van der Waals surface area contributed by atoms with Crippen LogP contribution in [0.4, 0.5) is 5.82 Å². The van der Waals surface area contributed by atoms with Gasteiger partial charge in [0.15, 0.2) is 0 Å². The second-order valence-corrected chi connectivity index (χ2v) is 4.13. The maximum Gasteiger partial charge on any atom is 0.322 e. The molecule has 92 valence electrons. The van der Waals surface area contributed by atoms with E-state index in [1.165, 1.54) is 0 Å². The van der Waals surface area contributed by atoms with Gasteiger partial charge in [0, 0.05) is 37.9 Å². The number of nitrogen functional groups attached to an aromatic ring is 1. The average molecular weight is 236 g/mol. The van der Waals surface area contributed by atoms with Crippen molar-refractivity contribution in [2.24, 2.45) is 0 Å². The van der Waals surface area contributed by atoms with Gasteiger partial charge in [-0.3, -0.25) is 9.69 Å². The second kappa shape index (κ2) is 5.11. The molecule has 1 fully saturated rings. The summed E-state index contributed by atoms with van der Waals surface area (Å²) < 4.78 is 0. The molecule has 0 spiro atoms. The highest BCUT2D eigenvalue weighted by molar-refractivity contribution is 5.73. The number of piperazine rings is 1. The number of nitrogens with zero attached hydrogens (tertiary/aromatic N) is 2. The summed E-state index contributed by atoms with van der Waals surface area (Å²) in [6, 6.07) is 3.25. The predicted molar refractivity (Wildman–Crippen MR) is 63.4 cm³/mol. The van der Waals surface area contributed by atoms with E-state index in [2.05, 4.69) is 15.2 Å². The lowest BCUT2D eigenvalue weighted by Crippen LogP contribution is -2.53. The third kappa shape index (κ3) is 2.92. The third-order valence-corrected chi connectivity index (χ3v) is 2.88. The van der Waals surface area contributed by atoms with Crippen LogP contribution < -0.4 is 11.1 Å². The van der Waals surface area contributed by atoms with Crippen molar-refractivity contribution in [1.29, 1.82) is 0 Å². The van der Waals surface area contributed by atoms with Crippen molar-refractivity contribution in [3.8, 4) is 0 Å². The number of carbonyl (C=O) groups is 1. The van der Waals surface area contributed by atoms with E-state index < -0.39 is 12.0 Å². The lowest BCUT2D eigenvalue weighted by atomic mass is 10.1. The van der Waals surface area contributed by atoms with E-state index in [-0.39, 0.29) is 0 Å². The Hall–Kier alpha value is -1.66. The van der Waals surface area contributed by atoms with Crippen molar-refractivity contribution >= 4 is 11.8 Å². The van der Waals surface area contributed by atoms with Crippen LogP contribution in [0.2, 0.25) is 0 Å². The zero-order valence-corrected chi connectivity index (χ0v) is 9.47. The van der Waals surface area contributed by atoms with Gasteiger partial charge >= 0.3 is 5.97 Å². The van der Waals surface area contributed by atoms with Crippen LogP contribution in [0.25, 0.3) is 0 Å². The summed E-state index contributed by atoms with van der Waals surface area (Å²) in [7, 11) is 0. The zero-order chi connectivity index (χ0) is 12.3. The summed E-state index contributed by atoms with van der Waals surface area (Å²) in [5.41, 5.74) is 6.71. The molecule has 6 nitrogen and oxygen atoms in total. The molecular formula is C11H16N4O2. The van der Waals surface area contributed by atoms with Gasteiger partial charge in [0.25, 0.3) is 0 Å². The maximum atomic E-state index is 10.9. The highest BCUT2D eigenvalue weighted by Gasteiger charge is 2.24. The number of pyridine rings is 1. The van der Waals surface area contributed by atoms with E-state index in [1.807, 2.05) is 12.1 Å². The van der Waals surface area contributed by atoms with Crippen LogP contribution in [0, 0.1) is 0 Å². The molecule has 17 heavy (non-hydrogen) atoms. The number of carboxylic acid groups (broad SMARTS) is 1. The Morgan fingerprint density at radius 1 is 1.71 bits per heavy atom. The predicted octanol–water partition coefficient (Wildman–Crippen LogP) is -0.478. The summed E-state index contributed by atoms with van der Waals surface area (Å²) in [5, 5.41) is 11.9. The zero-order valence-electron chi connectivity index (χ0n) is 9.47. The smallest absolute Gasteiger partial charge is 0.322 e. The molecule has 4 N–H and O–H groups in total. The molecule has 1 aliphatic rings. The summed E-state index contributed by atoms with van der Waals surface area (Å²) in [6.45, 7) is 2.63. The first kappa shape index (κ1) is 11.8. The lowest BCUT2D eigenvalue weighted by Gasteiger charge is -2.31. The van der Waals surface area contributed by atoms with Gasteiger partial charge in [0.2, 0.25) is 0 Å². The largest absolute Gasteiger partial charge is 0.480 e. The van der Waals surface area contributed by atoms with E-state index in [4.69, 9.17) is 10.8 Å². The molecule has 1 aromatic heterocycles. The Kier molecular flexibility index (Phi) is 3.55. The first-order valence-electron chi connectivity index (χ1n) is 5.54. The minimum absolute atomic E-state index is 0.490. The summed E-state index contributed by atoms with van der Waals surface area (Å²) in [6.07, 6.45) is 1.65. The molecule has 1 unspecified atom stereocenters. The Balaban J connectivity index is 1.99. The number of anilines is 1. The lowest BCUT2D eigenvalue weighted by molar-refractivity contribution is -0.140. The Bertz CT molecular complexity index is 410. The van der Waals surface area contributed by atoms with Gasteiger partial charge in [-0.1, -0.05) is 6.07 Å². The molecule has 2 rings (SSSR count). The molecule has 0 bridgehead atoms. The molecule has 0 saturated carbocycles. The van der Waals surface area contributed by atoms with E-state index in [1.54, 1.807) is 6.20 Å². The number of nitrogens with two attached hydrogens (primary N) is 1. The van der Waals surface area contributed by atoms with Crippen molar-refractivity contribution < 1.29 is 9.90 Å². The molecule has 1 saturated heterocycles. The second-order valence-electron chi connectivity index (χ2n) is 4.13. The fourth-order valence-electron chi connectivity index (χ4n) is 1.95. The molecule has 0 aromatic carbocycles. The van der Waals surface area contributed by atoms with Crippen LogP contribution in [-0.4, -0.2) is 46.6 Å². The maximum absolute atomic E-state index is 10.9. The topological polar surface area (TPSA) is 91.5 Å². The van der Waals surface area contributed by atoms with Gasteiger partial charge < -0.3 is 16.2 Å². The Morgan fingerprint density at radius 3 is 3.24 bits per heavy atom. The van der Waals surface area contributed by atoms with Crippen LogP contribution in [-0.2, 0) is 11.3 Å². The quantitative estimate of drug-likeness (QED) is 0.656. The third-order valence-electron chi connectivity index (χ3n) is 2.88.